The molecule has 27 heavy (non-hydrogen) atoms. The average molecular weight is 370 g/mol. The number of rotatable bonds is 8. The number of hydrogen-bond donors (Lipinski definition) is 1. The largest absolute Gasteiger partial charge is 0.489 e. The Kier molecular flexibility index (Phi) is 6.56. The number of hydrogen-bond acceptors (Lipinski definition) is 3. The maximum absolute atomic E-state index is 12.9. The van der Waals surface area contributed by atoms with Crippen LogP contribution in [0.3, 0.4) is 0 Å². The van der Waals surface area contributed by atoms with Gasteiger partial charge in [0.2, 0.25) is 0 Å². The second-order valence-electron chi connectivity index (χ2n) is 7.20. The van der Waals surface area contributed by atoms with Crippen molar-refractivity contribution in [2.45, 2.75) is 58.2 Å². The standard InChI is InChI=1S/C22H30N2O3/c1-4-12-27-21-11-8-10-19-18(21)14-20(22(25)23-16(3)5-2)24(19)15-17-9-6-7-13-26-17/h4,8,10-11,14,16-17H,1,5-7,9,12-13,15H2,2-3H3,(H,23,25)/t16-,17+/m1/s1. The van der Waals surface area contributed by atoms with E-state index >= 15 is 0 Å². The van der Waals surface area contributed by atoms with Crippen molar-refractivity contribution in [3.63, 3.8) is 0 Å². The highest BCUT2D eigenvalue weighted by molar-refractivity contribution is 6.00. The van der Waals surface area contributed by atoms with Gasteiger partial charge in [-0.3, -0.25) is 4.79 Å². The molecule has 3 rings (SSSR count). The third kappa shape index (κ3) is 4.53. The lowest BCUT2D eigenvalue weighted by molar-refractivity contribution is 0.00636. The van der Waals surface area contributed by atoms with Crippen LogP contribution in [0.15, 0.2) is 36.9 Å². The van der Waals surface area contributed by atoms with Crippen LogP contribution in [-0.2, 0) is 11.3 Å². The van der Waals surface area contributed by atoms with Crippen molar-refractivity contribution in [3.05, 3.63) is 42.6 Å². The van der Waals surface area contributed by atoms with E-state index in [9.17, 15) is 4.79 Å². The molecule has 0 aliphatic carbocycles. The Morgan fingerprint density at radius 1 is 1.48 bits per heavy atom. The maximum atomic E-state index is 12.9. The summed E-state index contributed by atoms with van der Waals surface area (Å²) in [7, 11) is 0. The SMILES string of the molecule is C=CCOc1cccc2c1cc(C(=O)N[C@H](C)CC)n2C[C@@H]1CCCCO1. The number of amides is 1. The Morgan fingerprint density at radius 3 is 3.04 bits per heavy atom. The summed E-state index contributed by atoms with van der Waals surface area (Å²) in [5.41, 5.74) is 1.66. The van der Waals surface area contributed by atoms with E-state index in [0.717, 1.165) is 42.5 Å². The van der Waals surface area contributed by atoms with Gasteiger partial charge in [0.15, 0.2) is 0 Å². The number of nitrogens with one attached hydrogen (secondary N) is 1. The topological polar surface area (TPSA) is 52.5 Å². The van der Waals surface area contributed by atoms with Gasteiger partial charge in [0.1, 0.15) is 18.1 Å². The van der Waals surface area contributed by atoms with Crippen LogP contribution in [0.25, 0.3) is 10.9 Å². The lowest BCUT2D eigenvalue weighted by Crippen LogP contribution is -2.34. The third-order valence-corrected chi connectivity index (χ3v) is 5.15. The molecular formula is C22H30N2O3. The number of ether oxygens (including phenoxy) is 2. The van der Waals surface area contributed by atoms with E-state index in [0.29, 0.717) is 18.8 Å². The quantitative estimate of drug-likeness (QED) is 0.705. The number of fused-ring (bicyclic) bond motifs is 1. The van der Waals surface area contributed by atoms with E-state index in [-0.39, 0.29) is 18.1 Å². The average Bonchev–Trinajstić information content (AvgIpc) is 3.06. The molecular weight excluding hydrogens is 340 g/mol. The zero-order valence-corrected chi connectivity index (χ0v) is 16.4. The maximum Gasteiger partial charge on any atom is 0.268 e. The van der Waals surface area contributed by atoms with Crippen molar-refractivity contribution in [1.29, 1.82) is 0 Å². The first-order chi connectivity index (χ1) is 13.1. The molecule has 1 fully saturated rings. The van der Waals surface area contributed by atoms with Crippen LogP contribution in [-0.4, -0.2) is 35.8 Å². The normalized spacial score (nSPS) is 18.2. The van der Waals surface area contributed by atoms with Gasteiger partial charge in [-0.1, -0.05) is 25.6 Å². The molecule has 1 amide bonds. The van der Waals surface area contributed by atoms with Crippen LogP contribution < -0.4 is 10.1 Å². The van der Waals surface area contributed by atoms with E-state index in [4.69, 9.17) is 9.47 Å². The number of carbonyl (C=O) groups is 1. The van der Waals surface area contributed by atoms with Crippen molar-refractivity contribution in [2.75, 3.05) is 13.2 Å². The first-order valence-electron chi connectivity index (χ1n) is 9.92. The van der Waals surface area contributed by atoms with Crippen molar-refractivity contribution < 1.29 is 14.3 Å². The van der Waals surface area contributed by atoms with Crippen LogP contribution in [0, 0.1) is 0 Å². The number of nitrogens with zero attached hydrogens (tertiary/aromatic N) is 1. The second kappa shape index (κ2) is 9.09. The molecule has 1 N–H and O–H groups in total. The zero-order chi connectivity index (χ0) is 19.2. The first-order valence-corrected chi connectivity index (χ1v) is 9.92. The monoisotopic (exact) mass is 370 g/mol. The molecule has 2 atom stereocenters. The summed E-state index contributed by atoms with van der Waals surface area (Å²) in [4.78, 5) is 12.9. The molecule has 1 aromatic heterocycles. The summed E-state index contributed by atoms with van der Waals surface area (Å²) in [5.74, 6) is 0.722. The fraction of sp³-hybridized carbons (Fsp3) is 0.500. The Hall–Kier alpha value is -2.27. The minimum atomic E-state index is -0.0500. The van der Waals surface area contributed by atoms with Crippen molar-refractivity contribution in [3.8, 4) is 5.75 Å². The van der Waals surface area contributed by atoms with Gasteiger partial charge in [-0.2, -0.15) is 0 Å². The van der Waals surface area contributed by atoms with E-state index in [1.54, 1.807) is 6.08 Å². The van der Waals surface area contributed by atoms with Crippen LogP contribution >= 0.6 is 0 Å². The highest BCUT2D eigenvalue weighted by Gasteiger charge is 2.22. The Balaban J connectivity index is 2.00. The number of carbonyl (C=O) groups excluding carboxylic acids is 1. The number of benzene rings is 1. The van der Waals surface area contributed by atoms with Crippen LogP contribution in [0.5, 0.6) is 5.75 Å². The molecule has 2 aromatic rings. The summed E-state index contributed by atoms with van der Waals surface area (Å²) >= 11 is 0. The van der Waals surface area contributed by atoms with Crippen molar-refractivity contribution in [1.82, 2.24) is 9.88 Å². The molecule has 1 aliphatic heterocycles. The molecule has 0 bridgehead atoms. The fourth-order valence-electron chi connectivity index (χ4n) is 3.47. The Bertz CT molecular complexity index is 790. The second-order valence-corrected chi connectivity index (χ2v) is 7.20. The molecule has 1 saturated heterocycles. The molecule has 0 saturated carbocycles. The molecule has 1 aliphatic rings. The van der Waals surface area contributed by atoms with Gasteiger partial charge < -0.3 is 19.4 Å². The van der Waals surface area contributed by atoms with Gasteiger partial charge in [-0.05, 0) is 50.8 Å². The van der Waals surface area contributed by atoms with Gasteiger partial charge in [0.25, 0.3) is 5.91 Å². The lowest BCUT2D eigenvalue weighted by atomic mass is 10.1. The van der Waals surface area contributed by atoms with E-state index in [2.05, 4.69) is 23.4 Å². The van der Waals surface area contributed by atoms with Crippen LogP contribution in [0.2, 0.25) is 0 Å². The minimum absolute atomic E-state index is 0.0500. The van der Waals surface area contributed by atoms with Gasteiger partial charge in [-0.15, -0.1) is 0 Å². The van der Waals surface area contributed by atoms with Crippen LogP contribution in [0.4, 0.5) is 0 Å². The zero-order valence-electron chi connectivity index (χ0n) is 16.4. The summed E-state index contributed by atoms with van der Waals surface area (Å²) in [5, 5.41) is 4.04. The predicted molar refractivity (Wildman–Crippen MR) is 108 cm³/mol. The predicted octanol–water partition coefficient (Wildman–Crippen LogP) is 4.30. The fourth-order valence-corrected chi connectivity index (χ4v) is 3.47. The van der Waals surface area contributed by atoms with Crippen LogP contribution in [0.1, 0.15) is 50.0 Å². The molecule has 146 valence electrons. The molecule has 2 heterocycles. The van der Waals surface area contributed by atoms with Crippen molar-refractivity contribution >= 4 is 16.8 Å². The highest BCUT2D eigenvalue weighted by atomic mass is 16.5. The molecule has 5 heteroatoms. The first kappa shape index (κ1) is 19.5. The Labute approximate surface area is 161 Å². The molecule has 1 aromatic carbocycles. The third-order valence-electron chi connectivity index (χ3n) is 5.15. The van der Waals surface area contributed by atoms with Gasteiger partial charge in [0.05, 0.1) is 11.6 Å². The minimum Gasteiger partial charge on any atom is -0.489 e. The van der Waals surface area contributed by atoms with E-state index in [1.807, 2.05) is 31.2 Å². The van der Waals surface area contributed by atoms with E-state index in [1.165, 1.54) is 6.42 Å². The lowest BCUT2D eigenvalue weighted by Gasteiger charge is -2.24. The number of aromatic nitrogens is 1. The van der Waals surface area contributed by atoms with Crippen molar-refractivity contribution in [2.24, 2.45) is 0 Å². The summed E-state index contributed by atoms with van der Waals surface area (Å²) in [6.07, 6.45) is 6.07. The summed E-state index contributed by atoms with van der Waals surface area (Å²) in [6, 6.07) is 8.01. The van der Waals surface area contributed by atoms with Gasteiger partial charge in [-0.25, -0.2) is 0 Å². The van der Waals surface area contributed by atoms with Gasteiger partial charge >= 0.3 is 0 Å². The summed E-state index contributed by atoms with van der Waals surface area (Å²) in [6.45, 7) is 9.71. The Morgan fingerprint density at radius 2 is 2.33 bits per heavy atom. The smallest absolute Gasteiger partial charge is 0.268 e. The van der Waals surface area contributed by atoms with Gasteiger partial charge in [0, 0.05) is 24.6 Å². The molecule has 0 radical (unpaired) electrons. The summed E-state index contributed by atoms with van der Waals surface area (Å²) < 4.78 is 13.8. The molecule has 5 nitrogen and oxygen atoms in total. The highest BCUT2D eigenvalue weighted by Crippen LogP contribution is 2.30. The molecule has 0 spiro atoms. The molecule has 0 unspecified atom stereocenters. The van der Waals surface area contributed by atoms with E-state index < -0.39 is 0 Å².